The van der Waals surface area contributed by atoms with E-state index in [1.165, 1.54) is 30.4 Å². The molecular formula is C13H20BrNS. The van der Waals surface area contributed by atoms with Gasteiger partial charge in [0.05, 0.1) is 0 Å². The molecular weight excluding hydrogens is 282 g/mol. The summed E-state index contributed by atoms with van der Waals surface area (Å²) in [6, 6.07) is 2.31. The summed E-state index contributed by atoms with van der Waals surface area (Å²) >= 11 is 5.48. The van der Waals surface area contributed by atoms with Crippen molar-refractivity contribution < 1.29 is 0 Å². The highest BCUT2D eigenvalue weighted by atomic mass is 79.9. The predicted molar refractivity (Wildman–Crippen MR) is 75.2 cm³/mol. The molecule has 90 valence electrons. The van der Waals surface area contributed by atoms with E-state index in [9.17, 15) is 0 Å². The molecule has 1 aromatic heterocycles. The molecule has 1 N–H and O–H groups in total. The van der Waals surface area contributed by atoms with Crippen molar-refractivity contribution in [1.82, 2.24) is 5.32 Å². The first-order valence-electron chi connectivity index (χ1n) is 6.11. The second-order valence-electron chi connectivity index (χ2n) is 5.16. The first-order chi connectivity index (χ1) is 7.66. The van der Waals surface area contributed by atoms with E-state index in [-0.39, 0.29) is 0 Å². The fourth-order valence-electron chi connectivity index (χ4n) is 2.67. The van der Waals surface area contributed by atoms with Crippen LogP contribution in [0.5, 0.6) is 0 Å². The Labute approximate surface area is 111 Å². The molecule has 0 radical (unpaired) electrons. The van der Waals surface area contributed by atoms with Gasteiger partial charge >= 0.3 is 0 Å². The van der Waals surface area contributed by atoms with E-state index in [0.717, 1.165) is 17.8 Å². The van der Waals surface area contributed by atoms with E-state index in [2.05, 4.69) is 46.5 Å². The van der Waals surface area contributed by atoms with Crippen LogP contribution in [0.4, 0.5) is 0 Å². The lowest BCUT2D eigenvalue weighted by Gasteiger charge is -2.32. The summed E-state index contributed by atoms with van der Waals surface area (Å²) in [5.74, 6) is 2.40. The van der Waals surface area contributed by atoms with E-state index in [4.69, 9.17) is 0 Å². The first-order valence-corrected chi connectivity index (χ1v) is 7.78. The third-order valence-corrected chi connectivity index (χ3v) is 5.16. The molecule has 16 heavy (non-hydrogen) atoms. The molecule has 0 aliphatic carbocycles. The Morgan fingerprint density at radius 3 is 3.00 bits per heavy atom. The number of halogens is 1. The smallest absolute Gasteiger partial charge is 0.0285 e. The van der Waals surface area contributed by atoms with Crippen LogP contribution in [0.2, 0.25) is 0 Å². The zero-order chi connectivity index (χ0) is 11.5. The lowest BCUT2D eigenvalue weighted by Crippen LogP contribution is -2.35. The Morgan fingerprint density at radius 2 is 2.38 bits per heavy atom. The Kier molecular flexibility index (Phi) is 4.45. The standard InChI is InChI=1S/C13H20BrNS/c1-9(2)5-10-7-15-4-3-12(10)13-6-11(14)8-16-13/h6,8-10,12,15H,3-5,7H2,1-2H3. The van der Waals surface area contributed by atoms with Gasteiger partial charge in [0.25, 0.3) is 0 Å². The maximum Gasteiger partial charge on any atom is 0.0285 e. The van der Waals surface area contributed by atoms with Gasteiger partial charge < -0.3 is 5.32 Å². The Morgan fingerprint density at radius 1 is 1.56 bits per heavy atom. The minimum absolute atomic E-state index is 0.778. The molecule has 2 unspecified atom stereocenters. The largest absolute Gasteiger partial charge is 0.316 e. The van der Waals surface area contributed by atoms with Crippen molar-refractivity contribution >= 4 is 27.3 Å². The maximum atomic E-state index is 3.56. The summed E-state index contributed by atoms with van der Waals surface area (Å²) in [5.41, 5.74) is 0. The second kappa shape index (κ2) is 5.65. The number of piperidine rings is 1. The van der Waals surface area contributed by atoms with Crippen LogP contribution in [0, 0.1) is 11.8 Å². The number of nitrogens with one attached hydrogen (secondary N) is 1. The number of thiophene rings is 1. The van der Waals surface area contributed by atoms with E-state index in [0.29, 0.717) is 0 Å². The maximum absolute atomic E-state index is 3.56. The molecule has 0 amide bonds. The van der Waals surface area contributed by atoms with Crippen molar-refractivity contribution in [3.8, 4) is 0 Å². The van der Waals surface area contributed by atoms with Gasteiger partial charge in [0.2, 0.25) is 0 Å². The third kappa shape index (κ3) is 3.08. The van der Waals surface area contributed by atoms with Gasteiger partial charge in [-0.3, -0.25) is 0 Å². The van der Waals surface area contributed by atoms with E-state index in [1.54, 1.807) is 4.88 Å². The number of hydrogen-bond donors (Lipinski definition) is 1. The van der Waals surface area contributed by atoms with Crippen LogP contribution in [-0.4, -0.2) is 13.1 Å². The molecule has 0 saturated carbocycles. The van der Waals surface area contributed by atoms with Crippen molar-refractivity contribution in [2.45, 2.75) is 32.6 Å². The lowest BCUT2D eigenvalue weighted by molar-refractivity contribution is 0.283. The van der Waals surface area contributed by atoms with Gasteiger partial charge in [-0.15, -0.1) is 11.3 Å². The zero-order valence-electron chi connectivity index (χ0n) is 10.0. The molecule has 0 bridgehead atoms. The van der Waals surface area contributed by atoms with Gasteiger partial charge in [-0.25, -0.2) is 0 Å². The average molecular weight is 302 g/mol. The molecule has 1 nitrogen and oxygen atoms in total. The van der Waals surface area contributed by atoms with Gasteiger partial charge in [0.1, 0.15) is 0 Å². The molecule has 1 aromatic rings. The Bertz CT molecular complexity index is 334. The SMILES string of the molecule is CC(C)CC1CNCCC1c1cc(Br)cs1. The van der Waals surface area contributed by atoms with E-state index in [1.807, 2.05) is 11.3 Å². The van der Waals surface area contributed by atoms with Gasteiger partial charge in [0, 0.05) is 14.7 Å². The van der Waals surface area contributed by atoms with Crippen molar-refractivity contribution in [2.24, 2.45) is 11.8 Å². The summed E-state index contributed by atoms with van der Waals surface area (Å²) in [6.07, 6.45) is 2.64. The highest BCUT2D eigenvalue weighted by Gasteiger charge is 2.27. The molecule has 2 rings (SSSR count). The van der Waals surface area contributed by atoms with Gasteiger partial charge in [-0.05, 0) is 65.7 Å². The average Bonchev–Trinajstić information content (AvgIpc) is 2.65. The van der Waals surface area contributed by atoms with Crippen LogP contribution >= 0.6 is 27.3 Å². The Balaban J connectivity index is 2.10. The molecule has 1 aliphatic rings. The first kappa shape index (κ1) is 12.6. The van der Waals surface area contributed by atoms with Crippen LogP contribution in [0.3, 0.4) is 0 Å². The van der Waals surface area contributed by atoms with Crippen molar-refractivity contribution in [2.75, 3.05) is 13.1 Å². The number of rotatable bonds is 3. The monoisotopic (exact) mass is 301 g/mol. The number of hydrogen-bond acceptors (Lipinski definition) is 2. The normalized spacial score (nSPS) is 26.2. The minimum Gasteiger partial charge on any atom is -0.316 e. The van der Waals surface area contributed by atoms with Gasteiger partial charge in [-0.2, -0.15) is 0 Å². The van der Waals surface area contributed by atoms with E-state index >= 15 is 0 Å². The molecule has 2 heterocycles. The molecule has 0 spiro atoms. The zero-order valence-corrected chi connectivity index (χ0v) is 12.4. The molecule has 1 fully saturated rings. The summed E-state index contributed by atoms with van der Waals surface area (Å²) in [5, 5.41) is 5.75. The van der Waals surface area contributed by atoms with Crippen molar-refractivity contribution in [1.29, 1.82) is 0 Å². The van der Waals surface area contributed by atoms with Crippen LogP contribution < -0.4 is 5.32 Å². The van der Waals surface area contributed by atoms with Crippen LogP contribution in [0.1, 0.15) is 37.5 Å². The predicted octanol–water partition coefficient (Wildman–Crippen LogP) is 4.25. The van der Waals surface area contributed by atoms with Crippen LogP contribution in [-0.2, 0) is 0 Å². The topological polar surface area (TPSA) is 12.0 Å². The van der Waals surface area contributed by atoms with Crippen LogP contribution in [0.15, 0.2) is 15.9 Å². The fraction of sp³-hybridized carbons (Fsp3) is 0.692. The molecule has 0 aromatic carbocycles. The van der Waals surface area contributed by atoms with Crippen LogP contribution in [0.25, 0.3) is 0 Å². The molecule has 1 saturated heterocycles. The Hall–Kier alpha value is 0.140. The highest BCUT2D eigenvalue weighted by molar-refractivity contribution is 9.10. The highest BCUT2D eigenvalue weighted by Crippen LogP contribution is 2.38. The van der Waals surface area contributed by atoms with Crippen molar-refractivity contribution in [3.63, 3.8) is 0 Å². The van der Waals surface area contributed by atoms with Gasteiger partial charge in [0.15, 0.2) is 0 Å². The summed E-state index contributed by atoms with van der Waals surface area (Å²) in [7, 11) is 0. The molecule has 3 heteroatoms. The van der Waals surface area contributed by atoms with E-state index < -0.39 is 0 Å². The minimum atomic E-state index is 0.778. The molecule has 2 atom stereocenters. The molecule has 1 aliphatic heterocycles. The van der Waals surface area contributed by atoms with Gasteiger partial charge in [-0.1, -0.05) is 13.8 Å². The second-order valence-corrected chi connectivity index (χ2v) is 7.01. The summed E-state index contributed by atoms with van der Waals surface area (Å²) in [6.45, 7) is 7.03. The third-order valence-electron chi connectivity index (χ3n) is 3.34. The fourth-order valence-corrected chi connectivity index (χ4v) is 4.35. The lowest BCUT2D eigenvalue weighted by atomic mass is 9.80. The summed E-state index contributed by atoms with van der Waals surface area (Å²) in [4.78, 5) is 1.57. The van der Waals surface area contributed by atoms with Crippen molar-refractivity contribution in [3.05, 3.63) is 20.8 Å². The summed E-state index contributed by atoms with van der Waals surface area (Å²) < 4.78 is 1.24. The quantitative estimate of drug-likeness (QED) is 0.880.